The minimum atomic E-state index is -0.444. The van der Waals surface area contributed by atoms with Gasteiger partial charge >= 0.3 is 5.97 Å². The van der Waals surface area contributed by atoms with Crippen molar-refractivity contribution in [3.05, 3.63) is 52.5 Å². The molecule has 142 valence electrons. The second-order valence-electron chi connectivity index (χ2n) is 6.01. The Kier molecular flexibility index (Phi) is 6.19. The minimum absolute atomic E-state index is 0.139. The topological polar surface area (TPSA) is 71.1 Å². The summed E-state index contributed by atoms with van der Waals surface area (Å²) < 4.78 is 21.0. The van der Waals surface area contributed by atoms with E-state index in [9.17, 15) is 9.59 Å². The van der Waals surface area contributed by atoms with E-state index < -0.39 is 5.97 Å². The average Bonchev–Trinajstić information content (AvgIpc) is 3.13. The van der Waals surface area contributed by atoms with Gasteiger partial charge in [-0.1, -0.05) is 11.6 Å². The van der Waals surface area contributed by atoms with Gasteiger partial charge in [-0.25, -0.2) is 0 Å². The molecular weight excluding hydrogens is 372 g/mol. The Hall–Kier alpha value is -2.73. The number of carbonyl (C=O) groups excluding carboxylic acids is 2. The van der Waals surface area contributed by atoms with Crippen LogP contribution in [-0.4, -0.2) is 31.8 Å². The summed E-state index contributed by atoms with van der Waals surface area (Å²) in [5.41, 5.74) is 1.34. The molecule has 0 radical (unpaired) electrons. The van der Waals surface area contributed by atoms with Gasteiger partial charge in [0.1, 0.15) is 5.75 Å². The van der Waals surface area contributed by atoms with Gasteiger partial charge in [-0.2, -0.15) is 0 Å². The molecule has 0 unspecified atom stereocenters. The summed E-state index contributed by atoms with van der Waals surface area (Å²) in [7, 11) is 0. The monoisotopic (exact) mass is 390 g/mol. The van der Waals surface area contributed by atoms with E-state index in [1.807, 2.05) is 13.0 Å². The van der Waals surface area contributed by atoms with Gasteiger partial charge in [0.15, 0.2) is 23.9 Å². The number of rotatable bonds is 8. The first-order valence-corrected chi connectivity index (χ1v) is 8.88. The molecule has 0 N–H and O–H groups in total. The molecule has 0 atom stereocenters. The molecule has 0 amide bonds. The Balaban J connectivity index is 1.37. The molecule has 2 aromatic rings. The maximum atomic E-state index is 12.1. The molecule has 0 saturated carbocycles. The van der Waals surface area contributed by atoms with Crippen LogP contribution in [0.15, 0.2) is 36.4 Å². The number of ketones is 1. The fourth-order valence-corrected chi connectivity index (χ4v) is 2.60. The van der Waals surface area contributed by atoms with Crippen molar-refractivity contribution < 1.29 is 28.5 Å². The van der Waals surface area contributed by atoms with E-state index in [2.05, 4.69) is 0 Å². The lowest BCUT2D eigenvalue weighted by Gasteiger charge is -2.08. The molecule has 1 heterocycles. The first kappa shape index (κ1) is 19.0. The highest BCUT2D eigenvalue weighted by atomic mass is 35.5. The Morgan fingerprint density at radius 1 is 1.11 bits per heavy atom. The molecule has 1 aliphatic heterocycles. The molecular formula is C20H19ClO6. The second kappa shape index (κ2) is 8.77. The van der Waals surface area contributed by atoms with E-state index in [0.29, 0.717) is 40.9 Å². The Bertz CT molecular complexity index is 848. The van der Waals surface area contributed by atoms with Crippen LogP contribution in [0.5, 0.6) is 17.2 Å². The zero-order valence-electron chi connectivity index (χ0n) is 14.8. The number of hydrogen-bond donors (Lipinski definition) is 0. The summed E-state index contributed by atoms with van der Waals surface area (Å²) in [6, 6.07) is 10.2. The summed E-state index contributed by atoms with van der Waals surface area (Å²) in [5.74, 6) is 1.07. The van der Waals surface area contributed by atoms with Gasteiger partial charge in [-0.05, 0) is 55.3 Å². The van der Waals surface area contributed by atoms with E-state index in [1.165, 1.54) is 0 Å². The summed E-state index contributed by atoms with van der Waals surface area (Å²) >= 11 is 5.96. The average molecular weight is 391 g/mol. The molecule has 6 nitrogen and oxygen atoms in total. The lowest BCUT2D eigenvalue weighted by molar-refractivity contribution is -0.142. The molecule has 1 aliphatic rings. The number of ether oxygens (including phenoxy) is 4. The maximum Gasteiger partial charge on any atom is 0.306 e. The van der Waals surface area contributed by atoms with Gasteiger partial charge in [0.05, 0.1) is 6.61 Å². The molecule has 7 heteroatoms. The summed E-state index contributed by atoms with van der Waals surface area (Å²) in [5, 5.41) is 0.679. The van der Waals surface area contributed by atoms with Gasteiger partial charge in [-0.3, -0.25) is 9.59 Å². The zero-order valence-corrected chi connectivity index (χ0v) is 15.6. The highest BCUT2D eigenvalue weighted by molar-refractivity contribution is 6.31. The molecule has 0 fully saturated rings. The third-order valence-corrected chi connectivity index (χ3v) is 4.41. The third kappa shape index (κ3) is 5.14. The quantitative estimate of drug-likeness (QED) is 0.386. The van der Waals surface area contributed by atoms with E-state index in [1.54, 1.807) is 30.3 Å². The number of halogens is 1. The molecule has 0 saturated heterocycles. The van der Waals surface area contributed by atoms with Crippen LogP contribution >= 0.6 is 11.6 Å². The summed E-state index contributed by atoms with van der Waals surface area (Å²) in [6.45, 7) is 2.09. The van der Waals surface area contributed by atoms with Crippen LogP contribution in [0.3, 0.4) is 0 Å². The van der Waals surface area contributed by atoms with Crippen molar-refractivity contribution in [1.82, 2.24) is 0 Å². The van der Waals surface area contributed by atoms with Gasteiger partial charge < -0.3 is 18.9 Å². The van der Waals surface area contributed by atoms with Crippen molar-refractivity contribution in [2.45, 2.75) is 19.8 Å². The predicted octanol–water partition coefficient (Wildman–Crippen LogP) is 3.96. The Labute approximate surface area is 161 Å². The number of fused-ring (bicyclic) bond motifs is 1. The third-order valence-electron chi connectivity index (χ3n) is 3.98. The largest absolute Gasteiger partial charge is 0.494 e. The summed E-state index contributed by atoms with van der Waals surface area (Å²) in [6.07, 6.45) is 0.652. The summed E-state index contributed by atoms with van der Waals surface area (Å²) in [4.78, 5) is 23.9. The highest BCUT2D eigenvalue weighted by Gasteiger charge is 2.17. The Morgan fingerprint density at radius 2 is 1.93 bits per heavy atom. The van der Waals surface area contributed by atoms with Crippen LogP contribution in [0.4, 0.5) is 0 Å². The molecule has 0 bridgehead atoms. The first-order chi connectivity index (χ1) is 13.0. The standard InChI is InChI=1S/C20H19ClO6/c1-13-9-15(5-6-16(13)21)24-8-2-3-20(23)25-11-17(22)14-4-7-18-19(10-14)27-12-26-18/h4-7,9-10H,2-3,8,11-12H2,1H3. The zero-order chi connectivity index (χ0) is 19.2. The Morgan fingerprint density at radius 3 is 2.74 bits per heavy atom. The number of aryl methyl sites for hydroxylation is 1. The number of esters is 1. The lowest BCUT2D eigenvalue weighted by Crippen LogP contribution is -2.14. The maximum absolute atomic E-state index is 12.1. The van der Waals surface area contributed by atoms with Crippen molar-refractivity contribution in [2.75, 3.05) is 20.0 Å². The molecule has 27 heavy (non-hydrogen) atoms. The number of hydrogen-bond acceptors (Lipinski definition) is 6. The number of Topliss-reactive ketones (excluding diaryl/α,β-unsaturated/α-hetero) is 1. The van der Waals surface area contributed by atoms with E-state index in [4.69, 9.17) is 30.5 Å². The van der Waals surface area contributed by atoms with Crippen LogP contribution in [-0.2, 0) is 9.53 Å². The smallest absolute Gasteiger partial charge is 0.306 e. The molecule has 2 aromatic carbocycles. The molecule has 0 spiro atoms. The fourth-order valence-electron chi connectivity index (χ4n) is 2.49. The van der Waals surface area contributed by atoms with Gasteiger partial charge in [0.25, 0.3) is 0 Å². The van der Waals surface area contributed by atoms with E-state index >= 15 is 0 Å². The van der Waals surface area contributed by atoms with Crippen molar-refractivity contribution in [1.29, 1.82) is 0 Å². The molecule has 3 rings (SSSR count). The van der Waals surface area contributed by atoms with Crippen LogP contribution in [0.1, 0.15) is 28.8 Å². The normalized spacial score (nSPS) is 11.9. The van der Waals surface area contributed by atoms with Gasteiger partial charge in [0, 0.05) is 17.0 Å². The fraction of sp³-hybridized carbons (Fsp3) is 0.300. The predicted molar refractivity (Wildman–Crippen MR) is 98.8 cm³/mol. The molecule has 0 aromatic heterocycles. The number of carbonyl (C=O) groups is 2. The molecule has 0 aliphatic carbocycles. The minimum Gasteiger partial charge on any atom is -0.494 e. The van der Waals surface area contributed by atoms with Crippen molar-refractivity contribution in [3.8, 4) is 17.2 Å². The first-order valence-electron chi connectivity index (χ1n) is 8.50. The van der Waals surface area contributed by atoms with Crippen LogP contribution in [0, 0.1) is 6.92 Å². The number of benzene rings is 2. The highest BCUT2D eigenvalue weighted by Crippen LogP contribution is 2.32. The second-order valence-corrected chi connectivity index (χ2v) is 6.42. The van der Waals surface area contributed by atoms with Crippen LogP contribution < -0.4 is 14.2 Å². The van der Waals surface area contributed by atoms with E-state index in [-0.39, 0.29) is 25.6 Å². The van der Waals surface area contributed by atoms with Gasteiger partial charge in [0.2, 0.25) is 6.79 Å². The van der Waals surface area contributed by atoms with Crippen LogP contribution in [0.25, 0.3) is 0 Å². The van der Waals surface area contributed by atoms with Crippen molar-refractivity contribution in [2.24, 2.45) is 0 Å². The van der Waals surface area contributed by atoms with E-state index in [0.717, 1.165) is 5.56 Å². The SMILES string of the molecule is Cc1cc(OCCCC(=O)OCC(=O)c2ccc3c(c2)OCO3)ccc1Cl. The van der Waals surface area contributed by atoms with Gasteiger partial charge in [-0.15, -0.1) is 0 Å². The van der Waals surface area contributed by atoms with Crippen molar-refractivity contribution >= 4 is 23.4 Å². The lowest BCUT2D eigenvalue weighted by atomic mass is 10.1. The van der Waals surface area contributed by atoms with Crippen LogP contribution in [0.2, 0.25) is 5.02 Å². The van der Waals surface area contributed by atoms with Crippen molar-refractivity contribution in [3.63, 3.8) is 0 Å².